The van der Waals surface area contributed by atoms with Gasteiger partial charge in [-0.05, 0) is 37.3 Å². The van der Waals surface area contributed by atoms with Crippen molar-refractivity contribution in [2.75, 3.05) is 6.54 Å². The van der Waals surface area contributed by atoms with E-state index in [9.17, 15) is 0 Å². The summed E-state index contributed by atoms with van der Waals surface area (Å²) >= 11 is 0. The van der Waals surface area contributed by atoms with Gasteiger partial charge >= 0.3 is 0 Å². The van der Waals surface area contributed by atoms with Crippen molar-refractivity contribution in [3.05, 3.63) is 18.0 Å². The van der Waals surface area contributed by atoms with E-state index in [0.717, 1.165) is 24.8 Å². The van der Waals surface area contributed by atoms with Crippen LogP contribution in [0.3, 0.4) is 0 Å². The van der Waals surface area contributed by atoms with E-state index in [4.69, 9.17) is 0 Å². The molecule has 0 bridgehead atoms. The van der Waals surface area contributed by atoms with Gasteiger partial charge in [-0.25, -0.2) is 0 Å². The van der Waals surface area contributed by atoms with E-state index in [1.807, 2.05) is 17.9 Å². The van der Waals surface area contributed by atoms with Crippen LogP contribution in [0.25, 0.3) is 0 Å². The summed E-state index contributed by atoms with van der Waals surface area (Å²) in [4.78, 5) is 0. The van der Waals surface area contributed by atoms with Crippen molar-refractivity contribution in [1.29, 1.82) is 0 Å². The number of aryl methyl sites for hydroxylation is 1. The summed E-state index contributed by atoms with van der Waals surface area (Å²) < 4.78 is 1.90. The lowest BCUT2D eigenvalue weighted by atomic mass is 9.78. The topological polar surface area (TPSA) is 29.9 Å². The van der Waals surface area contributed by atoms with Crippen molar-refractivity contribution in [3.63, 3.8) is 0 Å². The molecule has 1 aromatic rings. The monoisotopic (exact) mass is 249 g/mol. The zero-order chi connectivity index (χ0) is 13.0. The summed E-state index contributed by atoms with van der Waals surface area (Å²) in [5.41, 5.74) is 1.22. The van der Waals surface area contributed by atoms with E-state index < -0.39 is 0 Å². The molecule has 0 aromatic carbocycles. The number of nitrogens with one attached hydrogen (secondary N) is 1. The Morgan fingerprint density at radius 2 is 2.11 bits per heavy atom. The van der Waals surface area contributed by atoms with Crippen molar-refractivity contribution >= 4 is 0 Å². The van der Waals surface area contributed by atoms with Crippen LogP contribution in [-0.2, 0) is 13.5 Å². The first-order chi connectivity index (χ1) is 8.69. The number of nitrogens with zero attached hydrogens (tertiary/aromatic N) is 2. The summed E-state index contributed by atoms with van der Waals surface area (Å²) in [6.07, 6.45) is 8.68. The first-order valence-corrected chi connectivity index (χ1v) is 7.41. The van der Waals surface area contributed by atoms with Gasteiger partial charge in [0.05, 0.1) is 5.69 Å². The fourth-order valence-corrected chi connectivity index (χ4v) is 3.15. The molecule has 1 N–H and O–H groups in total. The largest absolute Gasteiger partial charge is 0.314 e. The van der Waals surface area contributed by atoms with Gasteiger partial charge in [-0.1, -0.05) is 26.7 Å². The Bertz CT molecular complexity index is 350. The average molecular weight is 249 g/mol. The van der Waals surface area contributed by atoms with Gasteiger partial charge in [0.15, 0.2) is 0 Å². The standard InChI is InChI=1S/C15H27N3/c1-4-16-15(11-14-9-10-18(3)17-14)13-7-5-12(2)6-8-13/h9-10,12-13,15-16H,4-8,11H2,1-3H3. The van der Waals surface area contributed by atoms with Gasteiger partial charge in [0.25, 0.3) is 0 Å². The molecule has 1 fully saturated rings. The molecular formula is C15H27N3. The molecule has 0 saturated heterocycles. The first-order valence-electron chi connectivity index (χ1n) is 7.41. The second-order valence-electron chi connectivity index (χ2n) is 5.87. The van der Waals surface area contributed by atoms with E-state index in [1.54, 1.807) is 0 Å². The molecule has 2 rings (SSSR count). The second kappa shape index (κ2) is 6.37. The molecule has 3 nitrogen and oxygen atoms in total. The molecule has 0 spiro atoms. The maximum absolute atomic E-state index is 4.52. The van der Waals surface area contributed by atoms with E-state index in [-0.39, 0.29) is 0 Å². The van der Waals surface area contributed by atoms with Gasteiger partial charge < -0.3 is 5.32 Å². The van der Waals surface area contributed by atoms with E-state index in [2.05, 4.69) is 30.3 Å². The lowest BCUT2D eigenvalue weighted by Gasteiger charge is -2.33. The summed E-state index contributed by atoms with van der Waals surface area (Å²) in [6, 6.07) is 2.76. The third kappa shape index (κ3) is 3.58. The van der Waals surface area contributed by atoms with Crippen molar-refractivity contribution in [2.24, 2.45) is 18.9 Å². The molecule has 1 aromatic heterocycles. The minimum absolute atomic E-state index is 0.609. The maximum atomic E-state index is 4.52. The molecule has 1 heterocycles. The molecule has 1 aliphatic rings. The highest BCUT2D eigenvalue weighted by Gasteiger charge is 2.26. The molecule has 18 heavy (non-hydrogen) atoms. The molecule has 0 aliphatic heterocycles. The van der Waals surface area contributed by atoms with Gasteiger partial charge in [-0.2, -0.15) is 5.10 Å². The van der Waals surface area contributed by atoms with Gasteiger partial charge in [0.2, 0.25) is 0 Å². The molecule has 0 amide bonds. The van der Waals surface area contributed by atoms with Crippen LogP contribution < -0.4 is 5.32 Å². The average Bonchev–Trinajstić information content (AvgIpc) is 2.75. The first kappa shape index (κ1) is 13.6. The number of hydrogen-bond donors (Lipinski definition) is 1. The lowest BCUT2D eigenvalue weighted by molar-refractivity contribution is 0.229. The maximum Gasteiger partial charge on any atom is 0.0640 e. The molecule has 1 unspecified atom stereocenters. The zero-order valence-electron chi connectivity index (χ0n) is 12.0. The van der Waals surface area contributed by atoms with Crippen molar-refractivity contribution in [2.45, 2.75) is 52.0 Å². The summed E-state index contributed by atoms with van der Waals surface area (Å²) in [6.45, 7) is 5.65. The number of aromatic nitrogens is 2. The molecule has 0 radical (unpaired) electrons. The quantitative estimate of drug-likeness (QED) is 0.869. The minimum Gasteiger partial charge on any atom is -0.314 e. The van der Waals surface area contributed by atoms with Crippen LogP contribution in [-0.4, -0.2) is 22.4 Å². The van der Waals surface area contributed by atoms with Crippen LogP contribution in [0, 0.1) is 11.8 Å². The van der Waals surface area contributed by atoms with Crippen LogP contribution in [0.2, 0.25) is 0 Å². The van der Waals surface area contributed by atoms with Gasteiger partial charge in [-0.3, -0.25) is 4.68 Å². The Labute approximate surface area is 111 Å². The summed E-state index contributed by atoms with van der Waals surface area (Å²) in [5.74, 6) is 1.77. The van der Waals surface area contributed by atoms with Crippen LogP contribution in [0.1, 0.15) is 45.2 Å². The van der Waals surface area contributed by atoms with Crippen LogP contribution in [0.5, 0.6) is 0 Å². The van der Waals surface area contributed by atoms with Crippen molar-refractivity contribution in [1.82, 2.24) is 15.1 Å². The Balaban J connectivity index is 1.94. The number of likely N-dealkylation sites (N-methyl/N-ethyl adjacent to an activating group) is 1. The highest BCUT2D eigenvalue weighted by molar-refractivity contribution is 5.02. The predicted molar refractivity (Wildman–Crippen MR) is 75.5 cm³/mol. The SMILES string of the molecule is CCNC(Cc1ccn(C)n1)C1CCC(C)CC1. The van der Waals surface area contributed by atoms with Crippen molar-refractivity contribution in [3.8, 4) is 0 Å². The van der Waals surface area contributed by atoms with E-state index in [1.165, 1.54) is 31.4 Å². The molecule has 1 saturated carbocycles. The smallest absolute Gasteiger partial charge is 0.0640 e. The summed E-state index contributed by atoms with van der Waals surface area (Å²) in [5, 5.41) is 8.19. The lowest BCUT2D eigenvalue weighted by Crippen LogP contribution is -2.39. The van der Waals surface area contributed by atoms with E-state index >= 15 is 0 Å². The van der Waals surface area contributed by atoms with Crippen LogP contribution in [0.4, 0.5) is 0 Å². The molecule has 1 atom stereocenters. The van der Waals surface area contributed by atoms with Gasteiger partial charge in [0, 0.05) is 25.7 Å². The number of rotatable bonds is 5. The highest BCUT2D eigenvalue weighted by atomic mass is 15.2. The molecule has 102 valence electrons. The van der Waals surface area contributed by atoms with Gasteiger partial charge in [-0.15, -0.1) is 0 Å². The minimum atomic E-state index is 0.609. The van der Waals surface area contributed by atoms with Gasteiger partial charge in [0.1, 0.15) is 0 Å². The third-order valence-electron chi connectivity index (χ3n) is 4.29. The number of hydrogen-bond acceptors (Lipinski definition) is 2. The van der Waals surface area contributed by atoms with E-state index in [0.29, 0.717) is 6.04 Å². The third-order valence-corrected chi connectivity index (χ3v) is 4.29. The van der Waals surface area contributed by atoms with Crippen LogP contribution in [0.15, 0.2) is 12.3 Å². The Hall–Kier alpha value is -0.830. The highest BCUT2D eigenvalue weighted by Crippen LogP contribution is 2.31. The Kier molecular flexibility index (Phi) is 4.81. The zero-order valence-corrected chi connectivity index (χ0v) is 12.0. The fraction of sp³-hybridized carbons (Fsp3) is 0.800. The van der Waals surface area contributed by atoms with Crippen molar-refractivity contribution < 1.29 is 0 Å². The second-order valence-corrected chi connectivity index (χ2v) is 5.87. The molecule has 1 aliphatic carbocycles. The molecule has 3 heteroatoms. The summed E-state index contributed by atoms with van der Waals surface area (Å²) in [7, 11) is 1.99. The Morgan fingerprint density at radius 1 is 1.39 bits per heavy atom. The predicted octanol–water partition coefficient (Wildman–Crippen LogP) is 2.77. The normalized spacial score (nSPS) is 26.2. The van der Waals surface area contributed by atoms with Crippen LogP contribution >= 0.6 is 0 Å². The fourth-order valence-electron chi connectivity index (χ4n) is 3.15. The Morgan fingerprint density at radius 3 is 2.67 bits per heavy atom. The molecular weight excluding hydrogens is 222 g/mol.